The van der Waals surface area contributed by atoms with Crippen LogP contribution in [-0.2, 0) is 23.9 Å². The third-order valence-corrected chi connectivity index (χ3v) is 10.9. The molecule has 0 spiro atoms. The molecule has 4 aliphatic rings. The zero-order chi connectivity index (χ0) is 27.9. The number of esters is 1. The van der Waals surface area contributed by atoms with Crippen molar-refractivity contribution in [3.63, 3.8) is 0 Å². The summed E-state index contributed by atoms with van der Waals surface area (Å²) < 4.78 is 11.1. The predicted molar refractivity (Wildman–Crippen MR) is 144 cm³/mol. The summed E-state index contributed by atoms with van der Waals surface area (Å²) in [6.07, 6.45) is 10.1. The molecule has 3 unspecified atom stereocenters. The van der Waals surface area contributed by atoms with Crippen LogP contribution in [-0.4, -0.2) is 41.9 Å². The molecule has 4 aliphatic carbocycles. The first-order valence-electron chi connectivity index (χ1n) is 14.9. The first-order valence-corrected chi connectivity index (χ1v) is 14.9. The molecule has 4 saturated carbocycles. The molecule has 0 aromatic heterocycles. The molecule has 1 N–H and O–H groups in total. The number of hydrogen-bond donors (Lipinski definition) is 1. The minimum Gasteiger partial charge on any atom is -0.462 e. The summed E-state index contributed by atoms with van der Waals surface area (Å²) in [6.45, 7) is 11.9. The van der Waals surface area contributed by atoms with E-state index in [0.717, 1.165) is 31.6 Å². The van der Waals surface area contributed by atoms with E-state index in [2.05, 4.69) is 19.2 Å². The first kappa shape index (κ1) is 29.1. The highest BCUT2D eigenvalue weighted by Crippen LogP contribution is 2.67. The second-order valence-corrected chi connectivity index (χ2v) is 14.3. The van der Waals surface area contributed by atoms with E-state index in [1.54, 1.807) is 27.7 Å². The standard InChI is InChI=1S/C31H49NO6/c1-19(34)24-10-11-25-23-9-7-20-17-22(13-15-30(20,5)26(23)14-16-31(24,25)6)37-27(35)12-8-21(18-33)32-28(36)38-29(2,3)4/h18,20-26H,7-17H2,1-6H3,(H,32,36)/t20-,21+,22-,23?,24-,25?,26?,30+,31-/m1/s1. The van der Waals surface area contributed by atoms with Crippen molar-refractivity contribution < 1.29 is 28.7 Å². The largest absolute Gasteiger partial charge is 0.462 e. The van der Waals surface area contributed by atoms with Gasteiger partial charge in [0.1, 0.15) is 23.8 Å². The number of nitrogens with one attached hydrogen (secondary N) is 1. The highest BCUT2D eigenvalue weighted by atomic mass is 16.6. The third-order valence-electron chi connectivity index (χ3n) is 10.9. The van der Waals surface area contributed by atoms with Crippen LogP contribution in [0.1, 0.15) is 112 Å². The monoisotopic (exact) mass is 531 g/mol. The van der Waals surface area contributed by atoms with Crippen LogP contribution in [0.25, 0.3) is 0 Å². The molecule has 9 atom stereocenters. The van der Waals surface area contributed by atoms with E-state index in [1.165, 1.54) is 32.1 Å². The Labute approximate surface area is 228 Å². The van der Waals surface area contributed by atoms with Gasteiger partial charge in [-0.15, -0.1) is 0 Å². The van der Waals surface area contributed by atoms with Gasteiger partial charge in [-0.05, 0) is 126 Å². The number of ketones is 1. The van der Waals surface area contributed by atoms with Crippen molar-refractivity contribution in [1.29, 1.82) is 0 Å². The zero-order valence-corrected chi connectivity index (χ0v) is 24.3. The smallest absolute Gasteiger partial charge is 0.408 e. The fraction of sp³-hybridized carbons (Fsp3) is 0.871. The second kappa shape index (κ2) is 10.9. The van der Waals surface area contributed by atoms with Gasteiger partial charge in [0.15, 0.2) is 0 Å². The molecule has 214 valence electrons. The van der Waals surface area contributed by atoms with Gasteiger partial charge in [-0.2, -0.15) is 0 Å². The maximum absolute atomic E-state index is 12.7. The molecule has 0 aliphatic heterocycles. The van der Waals surface area contributed by atoms with Crippen LogP contribution in [0.5, 0.6) is 0 Å². The van der Waals surface area contributed by atoms with Crippen molar-refractivity contribution in [2.24, 2.45) is 40.4 Å². The molecule has 0 saturated heterocycles. The summed E-state index contributed by atoms with van der Waals surface area (Å²) in [5, 5.41) is 2.52. The van der Waals surface area contributed by atoms with E-state index in [4.69, 9.17) is 9.47 Å². The van der Waals surface area contributed by atoms with Crippen molar-refractivity contribution in [2.75, 3.05) is 0 Å². The summed E-state index contributed by atoms with van der Waals surface area (Å²) in [7, 11) is 0. The number of aldehydes is 1. The molecule has 1 amide bonds. The van der Waals surface area contributed by atoms with Crippen LogP contribution in [0.4, 0.5) is 4.79 Å². The number of carbonyl (C=O) groups excluding carboxylic acids is 4. The maximum atomic E-state index is 12.7. The minimum atomic E-state index is -0.780. The molecule has 0 bridgehead atoms. The van der Waals surface area contributed by atoms with Gasteiger partial charge < -0.3 is 19.6 Å². The van der Waals surface area contributed by atoms with Crippen LogP contribution >= 0.6 is 0 Å². The Hall–Kier alpha value is -1.92. The average molecular weight is 532 g/mol. The van der Waals surface area contributed by atoms with Crippen molar-refractivity contribution >= 4 is 24.1 Å². The van der Waals surface area contributed by atoms with Gasteiger partial charge in [-0.1, -0.05) is 13.8 Å². The fourth-order valence-corrected chi connectivity index (χ4v) is 9.14. The number of amides is 1. The van der Waals surface area contributed by atoms with Gasteiger partial charge in [0.2, 0.25) is 0 Å². The Morgan fingerprint density at radius 2 is 1.66 bits per heavy atom. The molecular formula is C31H49NO6. The quantitative estimate of drug-likeness (QED) is 0.319. The van der Waals surface area contributed by atoms with Crippen LogP contribution < -0.4 is 5.32 Å². The third kappa shape index (κ3) is 5.82. The van der Waals surface area contributed by atoms with Crippen LogP contribution in [0, 0.1) is 40.4 Å². The summed E-state index contributed by atoms with van der Waals surface area (Å²) in [5.41, 5.74) is -0.196. The Morgan fingerprint density at radius 3 is 2.32 bits per heavy atom. The van der Waals surface area contributed by atoms with E-state index >= 15 is 0 Å². The van der Waals surface area contributed by atoms with E-state index in [9.17, 15) is 19.2 Å². The fourth-order valence-electron chi connectivity index (χ4n) is 9.14. The van der Waals surface area contributed by atoms with E-state index in [-0.39, 0.29) is 41.7 Å². The van der Waals surface area contributed by atoms with Crippen LogP contribution in [0.3, 0.4) is 0 Å². The average Bonchev–Trinajstić information content (AvgIpc) is 3.18. The number of rotatable bonds is 7. The van der Waals surface area contributed by atoms with E-state index in [0.29, 0.717) is 29.8 Å². The van der Waals surface area contributed by atoms with Crippen molar-refractivity contribution in [1.82, 2.24) is 5.32 Å². The Kier molecular flexibility index (Phi) is 8.36. The molecule has 0 aromatic rings. The molecule has 0 heterocycles. The molecule has 7 heteroatoms. The minimum absolute atomic E-state index is 0.0759. The Bertz CT molecular complexity index is 926. The lowest BCUT2D eigenvalue weighted by molar-refractivity contribution is -0.163. The van der Waals surface area contributed by atoms with Crippen molar-refractivity contribution in [3.8, 4) is 0 Å². The number of ether oxygens (including phenoxy) is 2. The van der Waals surface area contributed by atoms with Crippen LogP contribution in [0.15, 0.2) is 0 Å². The number of hydrogen-bond acceptors (Lipinski definition) is 6. The maximum Gasteiger partial charge on any atom is 0.408 e. The number of fused-ring (bicyclic) bond motifs is 5. The van der Waals surface area contributed by atoms with Gasteiger partial charge in [0, 0.05) is 12.3 Å². The van der Waals surface area contributed by atoms with Gasteiger partial charge in [-0.25, -0.2) is 4.79 Å². The lowest BCUT2D eigenvalue weighted by Gasteiger charge is -2.61. The van der Waals surface area contributed by atoms with E-state index in [1.807, 2.05) is 0 Å². The molecule has 0 aromatic carbocycles. The van der Waals surface area contributed by atoms with Gasteiger partial charge in [-0.3, -0.25) is 9.59 Å². The van der Waals surface area contributed by atoms with Crippen LogP contribution in [0.2, 0.25) is 0 Å². The summed E-state index contributed by atoms with van der Waals surface area (Å²) >= 11 is 0. The number of Topliss-reactive ketones (excluding diaryl/α,β-unsaturated/α-hetero) is 1. The second-order valence-electron chi connectivity index (χ2n) is 14.3. The van der Waals surface area contributed by atoms with Gasteiger partial charge in [0.05, 0.1) is 6.04 Å². The SMILES string of the molecule is CC(=O)[C@H]1CCC2C3CC[C@@H]4C[C@H](OC(=O)CC[C@@H](C=O)NC(=O)OC(C)(C)C)CC[C@]4(C)C3CC[C@@]21C. The molecule has 4 fully saturated rings. The lowest BCUT2D eigenvalue weighted by atomic mass is 9.44. The van der Waals surface area contributed by atoms with Crippen molar-refractivity contribution in [3.05, 3.63) is 0 Å². The molecule has 4 rings (SSSR count). The topological polar surface area (TPSA) is 98.8 Å². The summed E-state index contributed by atoms with van der Waals surface area (Å²) in [4.78, 5) is 48.4. The first-order chi connectivity index (χ1) is 17.8. The highest BCUT2D eigenvalue weighted by molar-refractivity contribution is 5.79. The zero-order valence-electron chi connectivity index (χ0n) is 24.3. The molecule has 38 heavy (non-hydrogen) atoms. The number of carbonyl (C=O) groups is 4. The normalized spacial score (nSPS) is 39.1. The Balaban J connectivity index is 1.29. The van der Waals surface area contributed by atoms with Gasteiger partial charge >= 0.3 is 12.1 Å². The Morgan fingerprint density at radius 1 is 0.974 bits per heavy atom. The molecular weight excluding hydrogens is 482 g/mol. The predicted octanol–water partition coefficient (Wildman–Crippen LogP) is 6.02. The summed E-state index contributed by atoms with van der Waals surface area (Å²) in [5.74, 6) is 2.97. The van der Waals surface area contributed by atoms with E-state index < -0.39 is 17.7 Å². The lowest BCUT2D eigenvalue weighted by Crippen LogP contribution is -2.54. The van der Waals surface area contributed by atoms with Crippen molar-refractivity contribution in [2.45, 2.75) is 130 Å². The number of alkyl carbamates (subject to hydrolysis) is 1. The molecule has 0 radical (unpaired) electrons. The summed E-state index contributed by atoms with van der Waals surface area (Å²) in [6, 6.07) is -0.780. The molecule has 7 nitrogen and oxygen atoms in total. The van der Waals surface area contributed by atoms with Gasteiger partial charge in [0.25, 0.3) is 0 Å². The highest BCUT2D eigenvalue weighted by Gasteiger charge is 2.60.